The number of hydrogen-bond donors (Lipinski definition) is 2. The van der Waals surface area contributed by atoms with E-state index >= 15 is 0 Å². The fraction of sp³-hybridized carbons (Fsp3) is 0.273. The number of thiol groups is 1. The second-order valence-electron chi connectivity index (χ2n) is 3.14. The first-order valence-corrected chi connectivity index (χ1v) is 5.11. The van der Waals surface area contributed by atoms with Crippen molar-refractivity contribution >= 4 is 24.4 Å². The highest BCUT2D eigenvalue weighted by Gasteiger charge is 2.01. The zero-order chi connectivity index (χ0) is 10.6. The second kappa shape index (κ2) is 5.05. The van der Waals surface area contributed by atoms with E-state index in [4.69, 9.17) is 5.73 Å². The van der Waals surface area contributed by atoms with E-state index in [1.807, 2.05) is 12.2 Å². The summed E-state index contributed by atoms with van der Waals surface area (Å²) in [5.74, 6) is 0.535. The largest absolute Gasteiger partial charge is 0.398 e. The van der Waals surface area contributed by atoms with Crippen LogP contribution in [0.1, 0.15) is 17.5 Å². The first kappa shape index (κ1) is 11.1. The van der Waals surface area contributed by atoms with E-state index in [1.165, 1.54) is 12.1 Å². The van der Waals surface area contributed by atoms with Gasteiger partial charge in [-0.2, -0.15) is 12.6 Å². The number of aryl methyl sites for hydroxylation is 1. The first-order chi connectivity index (χ1) is 6.65. The minimum Gasteiger partial charge on any atom is -0.398 e. The minimum atomic E-state index is -0.248. The van der Waals surface area contributed by atoms with Crippen LogP contribution in [0.15, 0.2) is 18.2 Å². The molecule has 0 spiro atoms. The normalized spacial score (nSPS) is 11.1. The summed E-state index contributed by atoms with van der Waals surface area (Å²) < 4.78 is 13.0. The van der Waals surface area contributed by atoms with Gasteiger partial charge in [-0.25, -0.2) is 4.39 Å². The molecule has 0 fully saturated rings. The number of allylic oxidation sites excluding steroid dienone is 1. The fourth-order valence-corrected chi connectivity index (χ4v) is 1.35. The summed E-state index contributed by atoms with van der Waals surface area (Å²) in [6, 6.07) is 2.88. The van der Waals surface area contributed by atoms with Crippen LogP contribution in [0.2, 0.25) is 0 Å². The van der Waals surface area contributed by atoms with E-state index in [0.29, 0.717) is 5.69 Å². The van der Waals surface area contributed by atoms with Crippen molar-refractivity contribution in [3.63, 3.8) is 0 Å². The molecule has 1 rings (SSSR count). The van der Waals surface area contributed by atoms with Gasteiger partial charge in [0.2, 0.25) is 0 Å². The van der Waals surface area contributed by atoms with Crippen LogP contribution < -0.4 is 5.73 Å². The van der Waals surface area contributed by atoms with E-state index in [9.17, 15) is 4.39 Å². The lowest BCUT2D eigenvalue weighted by Crippen LogP contribution is -1.94. The van der Waals surface area contributed by atoms with Gasteiger partial charge in [0.15, 0.2) is 0 Å². The molecule has 2 N–H and O–H groups in total. The summed E-state index contributed by atoms with van der Waals surface area (Å²) in [5.41, 5.74) is 7.95. The monoisotopic (exact) mass is 211 g/mol. The molecule has 0 unspecified atom stereocenters. The lowest BCUT2D eigenvalue weighted by atomic mass is 10.1. The maximum absolute atomic E-state index is 13.0. The van der Waals surface area contributed by atoms with Gasteiger partial charge < -0.3 is 5.73 Å². The molecule has 14 heavy (non-hydrogen) atoms. The molecule has 0 atom stereocenters. The summed E-state index contributed by atoms with van der Waals surface area (Å²) in [6.07, 6.45) is 4.64. The van der Waals surface area contributed by atoms with Crippen molar-refractivity contribution in [1.82, 2.24) is 0 Å². The highest BCUT2D eigenvalue weighted by molar-refractivity contribution is 7.80. The van der Waals surface area contributed by atoms with Gasteiger partial charge in [0.05, 0.1) is 0 Å². The van der Waals surface area contributed by atoms with E-state index in [1.54, 1.807) is 6.92 Å². The zero-order valence-electron chi connectivity index (χ0n) is 8.13. The maximum atomic E-state index is 13.0. The highest BCUT2D eigenvalue weighted by atomic mass is 32.1. The number of nitrogens with two attached hydrogens (primary N) is 1. The van der Waals surface area contributed by atoms with Crippen molar-refractivity contribution in [2.75, 3.05) is 11.5 Å². The number of halogens is 1. The predicted molar refractivity (Wildman–Crippen MR) is 63.1 cm³/mol. The van der Waals surface area contributed by atoms with Crippen LogP contribution in [-0.4, -0.2) is 5.75 Å². The van der Waals surface area contributed by atoms with Gasteiger partial charge in [-0.3, -0.25) is 0 Å². The molecule has 0 aromatic heterocycles. The summed E-state index contributed by atoms with van der Waals surface area (Å²) >= 11 is 4.08. The number of benzene rings is 1. The van der Waals surface area contributed by atoms with Crippen molar-refractivity contribution in [2.45, 2.75) is 13.3 Å². The third-order valence-electron chi connectivity index (χ3n) is 1.98. The number of nitrogen functional groups attached to an aromatic ring is 1. The molecule has 0 amide bonds. The third-order valence-corrected chi connectivity index (χ3v) is 2.24. The van der Waals surface area contributed by atoms with E-state index in [2.05, 4.69) is 12.6 Å². The third kappa shape index (κ3) is 2.77. The molecule has 0 radical (unpaired) electrons. The van der Waals surface area contributed by atoms with E-state index in [0.717, 1.165) is 23.3 Å². The van der Waals surface area contributed by atoms with Crippen molar-refractivity contribution in [3.8, 4) is 0 Å². The van der Waals surface area contributed by atoms with Crippen molar-refractivity contribution in [3.05, 3.63) is 35.2 Å². The van der Waals surface area contributed by atoms with Crippen LogP contribution in [0.4, 0.5) is 10.1 Å². The molecule has 3 heteroatoms. The number of anilines is 1. The number of hydrogen-bond acceptors (Lipinski definition) is 2. The molecule has 76 valence electrons. The van der Waals surface area contributed by atoms with Gasteiger partial charge in [0.1, 0.15) is 5.82 Å². The Labute approximate surface area is 89.2 Å². The van der Waals surface area contributed by atoms with Gasteiger partial charge in [-0.1, -0.05) is 12.2 Å². The molecule has 0 saturated carbocycles. The minimum absolute atomic E-state index is 0.248. The zero-order valence-corrected chi connectivity index (χ0v) is 9.02. The topological polar surface area (TPSA) is 26.0 Å². The van der Waals surface area contributed by atoms with Crippen LogP contribution in [0, 0.1) is 12.7 Å². The Hall–Kier alpha value is -0.960. The van der Waals surface area contributed by atoms with Crippen LogP contribution in [0.25, 0.3) is 6.08 Å². The fourth-order valence-electron chi connectivity index (χ4n) is 1.20. The maximum Gasteiger partial charge on any atom is 0.124 e. The Morgan fingerprint density at radius 1 is 1.50 bits per heavy atom. The molecule has 0 aliphatic rings. The molecule has 1 aromatic carbocycles. The van der Waals surface area contributed by atoms with Crippen molar-refractivity contribution < 1.29 is 4.39 Å². The Kier molecular flexibility index (Phi) is 4.01. The summed E-state index contributed by atoms with van der Waals surface area (Å²) in [6.45, 7) is 1.80. The summed E-state index contributed by atoms with van der Waals surface area (Å²) in [5, 5.41) is 0. The lowest BCUT2D eigenvalue weighted by molar-refractivity contribution is 0.626. The molecule has 0 saturated heterocycles. The summed E-state index contributed by atoms with van der Waals surface area (Å²) in [7, 11) is 0. The van der Waals surface area contributed by atoms with E-state index < -0.39 is 0 Å². The van der Waals surface area contributed by atoms with Gasteiger partial charge in [0.25, 0.3) is 0 Å². The Morgan fingerprint density at radius 3 is 2.86 bits per heavy atom. The lowest BCUT2D eigenvalue weighted by Gasteiger charge is -2.04. The molecule has 1 nitrogen and oxygen atoms in total. The van der Waals surface area contributed by atoms with Crippen molar-refractivity contribution in [2.24, 2.45) is 0 Å². The van der Waals surface area contributed by atoms with Crippen LogP contribution in [0.3, 0.4) is 0 Å². The summed E-state index contributed by atoms with van der Waals surface area (Å²) in [4.78, 5) is 0. The Morgan fingerprint density at radius 2 is 2.21 bits per heavy atom. The molecule has 0 heterocycles. The van der Waals surface area contributed by atoms with Crippen LogP contribution in [-0.2, 0) is 0 Å². The molecular formula is C11H14FNS. The van der Waals surface area contributed by atoms with E-state index in [-0.39, 0.29) is 5.82 Å². The number of rotatable bonds is 3. The van der Waals surface area contributed by atoms with Gasteiger partial charge >= 0.3 is 0 Å². The molecular weight excluding hydrogens is 197 g/mol. The molecule has 0 bridgehead atoms. The standard InChI is InChI=1S/C11H14FNS/c1-8-6-10(12)7-9(11(8)13)4-2-3-5-14/h2,4,6-7,14H,3,5,13H2,1H3. The Balaban J connectivity index is 2.96. The average Bonchev–Trinajstić information content (AvgIpc) is 2.13. The Bertz CT molecular complexity index is 347. The molecule has 1 aromatic rings. The second-order valence-corrected chi connectivity index (χ2v) is 3.59. The van der Waals surface area contributed by atoms with Crippen molar-refractivity contribution in [1.29, 1.82) is 0 Å². The van der Waals surface area contributed by atoms with Crippen LogP contribution >= 0.6 is 12.6 Å². The predicted octanol–water partition coefficient (Wildman–Crippen LogP) is 3.05. The SMILES string of the molecule is Cc1cc(F)cc(C=CCCS)c1N. The highest BCUT2D eigenvalue weighted by Crippen LogP contribution is 2.20. The molecule has 0 aliphatic heterocycles. The first-order valence-electron chi connectivity index (χ1n) is 4.48. The molecule has 0 aliphatic carbocycles. The van der Waals surface area contributed by atoms with Gasteiger partial charge in [0, 0.05) is 11.3 Å². The van der Waals surface area contributed by atoms with Crippen LogP contribution in [0.5, 0.6) is 0 Å². The van der Waals surface area contributed by atoms with Gasteiger partial charge in [-0.05, 0) is 36.8 Å². The van der Waals surface area contributed by atoms with Gasteiger partial charge in [-0.15, -0.1) is 0 Å². The quantitative estimate of drug-likeness (QED) is 0.583. The smallest absolute Gasteiger partial charge is 0.124 e. The average molecular weight is 211 g/mol.